The summed E-state index contributed by atoms with van der Waals surface area (Å²) in [4.78, 5) is 14.7. The van der Waals surface area contributed by atoms with Gasteiger partial charge in [0.2, 0.25) is 0 Å². The average molecular weight is 344 g/mol. The van der Waals surface area contributed by atoms with E-state index in [1.807, 2.05) is 11.0 Å². The molecule has 5 heteroatoms. The predicted molar refractivity (Wildman–Crippen MR) is 96.0 cm³/mol. The minimum Gasteiger partial charge on any atom is -0.497 e. The second kappa shape index (κ2) is 6.87. The van der Waals surface area contributed by atoms with E-state index in [-0.39, 0.29) is 24.2 Å². The van der Waals surface area contributed by atoms with Gasteiger partial charge in [-0.05, 0) is 68.2 Å². The summed E-state index contributed by atoms with van der Waals surface area (Å²) >= 11 is 0. The van der Waals surface area contributed by atoms with E-state index in [1.54, 1.807) is 7.11 Å². The molecule has 4 rings (SSSR count). The number of carbonyl (C=O) groups is 1. The van der Waals surface area contributed by atoms with Gasteiger partial charge in [0.05, 0.1) is 13.2 Å². The quantitative estimate of drug-likeness (QED) is 0.886. The lowest BCUT2D eigenvalue weighted by molar-refractivity contribution is 0.0541. The Kier molecular flexibility index (Phi) is 4.59. The van der Waals surface area contributed by atoms with E-state index >= 15 is 0 Å². The molecule has 0 spiro atoms. The highest BCUT2D eigenvalue weighted by Crippen LogP contribution is 2.36. The van der Waals surface area contributed by atoms with Crippen LogP contribution in [0.4, 0.5) is 4.79 Å². The van der Waals surface area contributed by atoms with Gasteiger partial charge in [-0.2, -0.15) is 0 Å². The summed E-state index contributed by atoms with van der Waals surface area (Å²) < 4.78 is 5.34. The van der Waals surface area contributed by atoms with Gasteiger partial charge in [-0.3, -0.25) is 0 Å². The van der Waals surface area contributed by atoms with Crippen LogP contribution in [0, 0.1) is 0 Å². The van der Waals surface area contributed by atoms with Crippen molar-refractivity contribution < 1.29 is 14.6 Å². The Balaban J connectivity index is 1.40. The van der Waals surface area contributed by atoms with Crippen molar-refractivity contribution in [1.82, 2.24) is 10.2 Å². The number of aryl methyl sites for hydroxylation is 1. The zero-order valence-electron chi connectivity index (χ0n) is 14.9. The summed E-state index contributed by atoms with van der Waals surface area (Å²) in [5.41, 5.74) is 2.70. The summed E-state index contributed by atoms with van der Waals surface area (Å²) in [5.74, 6) is 1.29. The summed E-state index contributed by atoms with van der Waals surface area (Å²) in [7, 11) is 1.70. The third kappa shape index (κ3) is 3.22. The van der Waals surface area contributed by atoms with Gasteiger partial charge < -0.3 is 20.1 Å². The fourth-order valence-corrected chi connectivity index (χ4v) is 5.01. The molecule has 2 fully saturated rings. The maximum atomic E-state index is 12.7. The van der Waals surface area contributed by atoms with Crippen molar-refractivity contribution in [2.24, 2.45) is 0 Å². The second-order valence-corrected chi connectivity index (χ2v) is 7.76. The number of urea groups is 1. The minimum absolute atomic E-state index is 0.0556. The van der Waals surface area contributed by atoms with Crippen LogP contribution in [0.15, 0.2) is 18.2 Å². The number of ether oxygens (including phenoxy) is 1. The van der Waals surface area contributed by atoms with Crippen LogP contribution in [0.3, 0.4) is 0 Å². The summed E-state index contributed by atoms with van der Waals surface area (Å²) in [6.45, 7) is 0.691. The number of rotatable bonds is 3. The number of amides is 2. The molecule has 5 nitrogen and oxygen atoms in total. The molecule has 25 heavy (non-hydrogen) atoms. The van der Waals surface area contributed by atoms with Crippen LogP contribution in [-0.4, -0.2) is 47.9 Å². The smallest absolute Gasteiger partial charge is 0.317 e. The first-order valence-electron chi connectivity index (χ1n) is 9.56. The van der Waals surface area contributed by atoms with E-state index < -0.39 is 0 Å². The molecule has 2 N–H and O–H groups in total. The summed E-state index contributed by atoms with van der Waals surface area (Å²) in [6, 6.07) is 6.81. The average Bonchev–Trinajstić information content (AvgIpc) is 2.90. The Hall–Kier alpha value is -1.75. The van der Waals surface area contributed by atoms with Crippen molar-refractivity contribution in [3.8, 4) is 5.75 Å². The van der Waals surface area contributed by atoms with Crippen molar-refractivity contribution in [1.29, 1.82) is 0 Å². The molecule has 3 aliphatic rings. The van der Waals surface area contributed by atoms with Gasteiger partial charge in [-0.25, -0.2) is 4.79 Å². The lowest BCUT2D eigenvalue weighted by Crippen LogP contribution is -2.52. The van der Waals surface area contributed by atoms with Crippen LogP contribution in [0.1, 0.15) is 55.6 Å². The van der Waals surface area contributed by atoms with Crippen LogP contribution in [0.2, 0.25) is 0 Å². The Labute approximate surface area is 149 Å². The topological polar surface area (TPSA) is 61.8 Å². The predicted octanol–water partition coefficient (Wildman–Crippen LogP) is 2.81. The molecule has 1 aliphatic carbocycles. The summed E-state index contributed by atoms with van der Waals surface area (Å²) in [5, 5.41) is 13.1. The molecule has 1 aromatic carbocycles. The van der Waals surface area contributed by atoms with Crippen LogP contribution in [-0.2, 0) is 6.42 Å². The van der Waals surface area contributed by atoms with Crippen LogP contribution < -0.4 is 10.1 Å². The van der Waals surface area contributed by atoms with Gasteiger partial charge in [-0.1, -0.05) is 6.07 Å². The van der Waals surface area contributed by atoms with E-state index in [1.165, 1.54) is 11.1 Å². The standard InChI is InChI=1S/C20H28N2O3/c1-25-18-7-8-19-13(9-18)3-2-4-14(19)12-21-20(24)22-15-5-6-16(22)11-17(23)10-15/h7-9,14-17,23H,2-6,10-12H2,1H3,(H,21,24)/t14-,15+,16+/m1/s1. The third-order valence-corrected chi connectivity index (χ3v) is 6.23. The van der Waals surface area contributed by atoms with Crippen molar-refractivity contribution in [3.05, 3.63) is 29.3 Å². The second-order valence-electron chi connectivity index (χ2n) is 7.76. The highest BCUT2D eigenvalue weighted by molar-refractivity contribution is 5.75. The number of nitrogens with one attached hydrogen (secondary N) is 1. The molecule has 3 atom stereocenters. The van der Waals surface area contributed by atoms with Gasteiger partial charge in [0, 0.05) is 24.5 Å². The molecule has 1 aromatic rings. The fraction of sp³-hybridized carbons (Fsp3) is 0.650. The molecule has 0 unspecified atom stereocenters. The van der Waals surface area contributed by atoms with E-state index in [4.69, 9.17) is 4.74 Å². The van der Waals surface area contributed by atoms with Crippen molar-refractivity contribution in [3.63, 3.8) is 0 Å². The zero-order chi connectivity index (χ0) is 17.4. The Morgan fingerprint density at radius 2 is 2.04 bits per heavy atom. The lowest BCUT2D eigenvalue weighted by atomic mass is 9.82. The Bertz CT molecular complexity index is 634. The number of piperidine rings is 1. The Morgan fingerprint density at radius 1 is 1.28 bits per heavy atom. The van der Waals surface area contributed by atoms with E-state index in [0.717, 1.165) is 50.7 Å². The molecule has 136 valence electrons. The number of hydrogen-bond donors (Lipinski definition) is 2. The molecule has 2 heterocycles. The third-order valence-electron chi connectivity index (χ3n) is 6.23. The number of fused-ring (bicyclic) bond motifs is 3. The molecular formula is C20H28N2O3. The highest BCUT2D eigenvalue weighted by atomic mass is 16.5. The van der Waals surface area contributed by atoms with E-state index in [0.29, 0.717) is 12.5 Å². The molecule has 2 aliphatic heterocycles. The summed E-state index contributed by atoms with van der Waals surface area (Å²) in [6.07, 6.45) is 6.65. The van der Waals surface area contributed by atoms with Crippen LogP contribution >= 0.6 is 0 Å². The van der Waals surface area contributed by atoms with Crippen LogP contribution in [0.25, 0.3) is 0 Å². The van der Waals surface area contributed by atoms with Gasteiger partial charge >= 0.3 is 6.03 Å². The maximum Gasteiger partial charge on any atom is 0.317 e. The van der Waals surface area contributed by atoms with E-state index in [9.17, 15) is 9.90 Å². The zero-order valence-corrected chi connectivity index (χ0v) is 14.9. The largest absolute Gasteiger partial charge is 0.497 e. The first kappa shape index (κ1) is 16.7. The Morgan fingerprint density at radius 3 is 2.76 bits per heavy atom. The first-order valence-corrected chi connectivity index (χ1v) is 9.56. The minimum atomic E-state index is -0.234. The van der Waals surface area contributed by atoms with Crippen LogP contribution in [0.5, 0.6) is 5.75 Å². The maximum absolute atomic E-state index is 12.7. The molecule has 0 aromatic heterocycles. The molecule has 0 saturated carbocycles. The van der Waals surface area contributed by atoms with Gasteiger partial charge in [-0.15, -0.1) is 0 Å². The number of nitrogens with zero attached hydrogens (tertiary/aromatic N) is 1. The number of methoxy groups -OCH3 is 1. The number of aliphatic hydroxyl groups excluding tert-OH is 1. The molecular weight excluding hydrogens is 316 g/mol. The molecule has 2 bridgehead atoms. The number of aliphatic hydroxyl groups is 1. The molecule has 2 amide bonds. The lowest BCUT2D eigenvalue weighted by Gasteiger charge is -2.37. The fourth-order valence-electron chi connectivity index (χ4n) is 5.01. The van der Waals surface area contributed by atoms with Crippen molar-refractivity contribution in [2.45, 2.75) is 69.1 Å². The number of hydrogen-bond acceptors (Lipinski definition) is 3. The monoisotopic (exact) mass is 344 g/mol. The van der Waals surface area contributed by atoms with Crippen molar-refractivity contribution in [2.75, 3.05) is 13.7 Å². The van der Waals surface area contributed by atoms with Gasteiger partial charge in [0.25, 0.3) is 0 Å². The highest BCUT2D eigenvalue weighted by Gasteiger charge is 2.42. The normalized spacial score (nSPS) is 30.7. The SMILES string of the molecule is COc1ccc2c(c1)CCC[C@@H]2CNC(=O)N1[C@H]2CC[C@H]1CC(O)C2. The van der Waals surface area contributed by atoms with E-state index in [2.05, 4.69) is 17.4 Å². The molecule has 2 saturated heterocycles. The van der Waals surface area contributed by atoms with Gasteiger partial charge in [0.15, 0.2) is 0 Å². The van der Waals surface area contributed by atoms with Crippen molar-refractivity contribution >= 4 is 6.03 Å². The number of benzene rings is 1. The van der Waals surface area contributed by atoms with Gasteiger partial charge in [0.1, 0.15) is 5.75 Å². The first-order chi connectivity index (χ1) is 12.2. The molecule has 0 radical (unpaired) electrons. The number of carbonyl (C=O) groups excluding carboxylic acids is 1.